The van der Waals surface area contributed by atoms with Gasteiger partial charge in [0.15, 0.2) is 0 Å². The van der Waals surface area contributed by atoms with Crippen molar-refractivity contribution in [2.45, 2.75) is 25.8 Å². The number of benzene rings is 1. The average molecular weight is 339 g/mol. The zero-order valence-electron chi connectivity index (χ0n) is 14.6. The molecule has 0 saturated carbocycles. The molecule has 1 fully saturated rings. The molecule has 1 aliphatic heterocycles. The van der Waals surface area contributed by atoms with Crippen molar-refractivity contribution >= 4 is 5.91 Å². The van der Waals surface area contributed by atoms with Crippen LogP contribution in [0.3, 0.4) is 0 Å². The molecule has 25 heavy (non-hydrogen) atoms. The highest BCUT2D eigenvalue weighted by atomic mass is 16.5. The van der Waals surface area contributed by atoms with Crippen LogP contribution in [-0.4, -0.2) is 42.0 Å². The average Bonchev–Trinajstić information content (AvgIpc) is 3.15. The first kappa shape index (κ1) is 17.4. The van der Waals surface area contributed by atoms with Crippen molar-refractivity contribution in [3.8, 4) is 5.88 Å². The number of aromatic nitrogens is 1. The van der Waals surface area contributed by atoms with Gasteiger partial charge in [-0.2, -0.15) is 0 Å². The predicted molar refractivity (Wildman–Crippen MR) is 97.7 cm³/mol. The Hall–Kier alpha value is -2.40. The number of hydrogen-bond donors (Lipinski definition) is 1. The third kappa shape index (κ3) is 4.79. The zero-order valence-corrected chi connectivity index (χ0v) is 14.6. The number of nitrogens with zero attached hydrogens (tertiary/aromatic N) is 2. The van der Waals surface area contributed by atoms with Crippen LogP contribution in [0, 0.1) is 0 Å². The fourth-order valence-electron chi connectivity index (χ4n) is 3.16. The van der Waals surface area contributed by atoms with E-state index in [1.165, 1.54) is 12.8 Å². The summed E-state index contributed by atoms with van der Waals surface area (Å²) in [6.07, 6.45) is 4.08. The summed E-state index contributed by atoms with van der Waals surface area (Å²) in [5.74, 6) is 0.377. The topological polar surface area (TPSA) is 54.5 Å². The van der Waals surface area contributed by atoms with E-state index in [1.54, 1.807) is 18.3 Å². The number of rotatable bonds is 7. The first-order chi connectivity index (χ1) is 12.3. The number of hydrogen-bond acceptors (Lipinski definition) is 4. The number of ether oxygens (including phenoxy) is 1. The van der Waals surface area contributed by atoms with E-state index in [2.05, 4.69) is 27.3 Å². The molecule has 1 N–H and O–H groups in total. The molecule has 2 aromatic rings. The lowest BCUT2D eigenvalue weighted by molar-refractivity contribution is 0.0926. The van der Waals surface area contributed by atoms with Gasteiger partial charge in [-0.25, -0.2) is 4.98 Å². The van der Waals surface area contributed by atoms with Crippen molar-refractivity contribution in [3.05, 3.63) is 59.8 Å². The van der Waals surface area contributed by atoms with Gasteiger partial charge in [-0.3, -0.25) is 4.79 Å². The Morgan fingerprint density at radius 2 is 2.00 bits per heavy atom. The van der Waals surface area contributed by atoms with E-state index in [4.69, 9.17) is 4.74 Å². The second-order valence-electron chi connectivity index (χ2n) is 6.26. The number of amides is 1. The normalized spacial score (nSPS) is 15.7. The summed E-state index contributed by atoms with van der Waals surface area (Å²) in [5, 5.41) is 3.18. The van der Waals surface area contributed by atoms with Crippen LogP contribution in [0.2, 0.25) is 0 Å². The minimum atomic E-state index is -0.101. The van der Waals surface area contributed by atoms with Gasteiger partial charge in [-0.05, 0) is 44.5 Å². The number of pyridine rings is 1. The predicted octanol–water partition coefficient (Wildman–Crippen LogP) is 3.05. The Labute approximate surface area is 149 Å². The van der Waals surface area contributed by atoms with Crippen LogP contribution in [0.1, 0.15) is 41.7 Å². The molecule has 5 heteroatoms. The number of carbonyl (C=O) groups excluding carboxylic acids is 1. The molecule has 0 radical (unpaired) electrons. The molecule has 1 aromatic carbocycles. The minimum absolute atomic E-state index is 0.0319. The van der Waals surface area contributed by atoms with Gasteiger partial charge in [0, 0.05) is 24.4 Å². The molecule has 3 rings (SSSR count). The summed E-state index contributed by atoms with van der Waals surface area (Å²) in [6, 6.07) is 13.5. The van der Waals surface area contributed by atoms with Crippen LogP contribution in [0.15, 0.2) is 48.7 Å². The monoisotopic (exact) mass is 339 g/mol. The number of nitrogens with one attached hydrogen (secondary N) is 1. The summed E-state index contributed by atoms with van der Waals surface area (Å²) < 4.78 is 5.39. The molecule has 1 atom stereocenters. The van der Waals surface area contributed by atoms with Gasteiger partial charge in [-0.1, -0.05) is 30.3 Å². The van der Waals surface area contributed by atoms with Crippen LogP contribution >= 0.6 is 0 Å². The lowest BCUT2D eigenvalue weighted by Gasteiger charge is -2.25. The van der Waals surface area contributed by atoms with Crippen LogP contribution in [-0.2, 0) is 0 Å². The first-order valence-electron chi connectivity index (χ1n) is 8.93. The summed E-state index contributed by atoms with van der Waals surface area (Å²) in [5.41, 5.74) is 1.70. The van der Waals surface area contributed by atoms with E-state index < -0.39 is 0 Å². The van der Waals surface area contributed by atoms with Crippen molar-refractivity contribution < 1.29 is 9.53 Å². The van der Waals surface area contributed by atoms with E-state index in [1.807, 2.05) is 25.1 Å². The van der Waals surface area contributed by atoms with E-state index in [-0.39, 0.29) is 11.9 Å². The van der Waals surface area contributed by atoms with Crippen molar-refractivity contribution in [1.82, 2.24) is 15.2 Å². The molecular formula is C20H25N3O2. The maximum Gasteiger partial charge on any atom is 0.252 e. The maximum atomic E-state index is 12.7. The van der Waals surface area contributed by atoms with Gasteiger partial charge >= 0.3 is 0 Å². The molecule has 1 amide bonds. The van der Waals surface area contributed by atoms with Gasteiger partial charge in [-0.15, -0.1) is 0 Å². The lowest BCUT2D eigenvalue weighted by atomic mass is 10.1. The van der Waals surface area contributed by atoms with Gasteiger partial charge in [0.05, 0.1) is 12.6 Å². The van der Waals surface area contributed by atoms with E-state index in [9.17, 15) is 4.79 Å². The zero-order chi connectivity index (χ0) is 17.5. The maximum absolute atomic E-state index is 12.7. The molecule has 0 bridgehead atoms. The lowest BCUT2D eigenvalue weighted by Crippen LogP contribution is -2.37. The van der Waals surface area contributed by atoms with Gasteiger partial charge in [0.2, 0.25) is 5.88 Å². The van der Waals surface area contributed by atoms with Crippen molar-refractivity contribution in [2.75, 3.05) is 26.2 Å². The van der Waals surface area contributed by atoms with Gasteiger partial charge in [0.1, 0.15) is 0 Å². The van der Waals surface area contributed by atoms with E-state index in [0.717, 1.165) is 25.2 Å². The molecular weight excluding hydrogens is 314 g/mol. The second-order valence-corrected chi connectivity index (χ2v) is 6.26. The summed E-state index contributed by atoms with van der Waals surface area (Å²) in [4.78, 5) is 19.3. The molecule has 2 heterocycles. The molecule has 0 spiro atoms. The highest BCUT2D eigenvalue weighted by Crippen LogP contribution is 2.19. The summed E-state index contributed by atoms with van der Waals surface area (Å²) >= 11 is 0. The Bertz CT molecular complexity index is 684. The Morgan fingerprint density at radius 3 is 2.72 bits per heavy atom. The van der Waals surface area contributed by atoms with Crippen molar-refractivity contribution in [1.29, 1.82) is 0 Å². The molecule has 1 aromatic heterocycles. The molecule has 1 saturated heterocycles. The van der Waals surface area contributed by atoms with Crippen molar-refractivity contribution in [3.63, 3.8) is 0 Å². The Morgan fingerprint density at radius 1 is 1.24 bits per heavy atom. The third-order valence-electron chi connectivity index (χ3n) is 4.44. The SMILES string of the molecule is CCOc1cc(C(=O)NC(CN2CCCC2)c2ccccc2)ccn1. The molecule has 132 valence electrons. The van der Waals surface area contributed by atoms with Crippen LogP contribution in [0.5, 0.6) is 5.88 Å². The third-order valence-corrected chi connectivity index (χ3v) is 4.44. The van der Waals surface area contributed by atoms with E-state index >= 15 is 0 Å². The van der Waals surface area contributed by atoms with Crippen LogP contribution in [0.25, 0.3) is 0 Å². The van der Waals surface area contributed by atoms with Crippen LogP contribution < -0.4 is 10.1 Å². The molecule has 1 aliphatic rings. The van der Waals surface area contributed by atoms with E-state index in [0.29, 0.717) is 18.1 Å². The highest BCUT2D eigenvalue weighted by molar-refractivity contribution is 5.94. The number of carbonyl (C=O) groups is 1. The van der Waals surface area contributed by atoms with Gasteiger partial charge in [0.25, 0.3) is 5.91 Å². The fourth-order valence-corrected chi connectivity index (χ4v) is 3.16. The number of likely N-dealkylation sites (tertiary alicyclic amines) is 1. The second kappa shape index (κ2) is 8.62. The standard InChI is InChI=1S/C20H25N3O2/c1-2-25-19-14-17(10-11-21-19)20(24)22-18(15-23-12-6-7-13-23)16-8-4-3-5-9-16/h3-5,8-11,14,18H,2,6-7,12-13,15H2,1H3,(H,22,24). The highest BCUT2D eigenvalue weighted by Gasteiger charge is 2.21. The quantitative estimate of drug-likeness (QED) is 0.842. The molecule has 0 aliphatic carbocycles. The fraction of sp³-hybridized carbons (Fsp3) is 0.400. The van der Waals surface area contributed by atoms with Gasteiger partial charge < -0.3 is 15.0 Å². The Balaban J connectivity index is 1.74. The first-order valence-corrected chi connectivity index (χ1v) is 8.93. The minimum Gasteiger partial charge on any atom is -0.478 e. The molecule has 1 unspecified atom stereocenters. The summed E-state index contributed by atoms with van der Waals surface area (Å²) in [7, 11) is 0. The summed E-state index contributed by atoms with van der Waals surface area (Å²) in [6.45, 7) is 5.46. The molecule has 5 nitrogen and oxygen atoms in total. The van der Waals surface area contributed by atoms with Crippen LogP contribution in [0.4, 0.5) is 0 Å². The largest absolute Gasteiger partial charge is 0.478 e. The Kier molecular flexibility index (Phi) is 6.01. The van der Waals surface area contributed by atoms with Crippen molar-refractivity contribution in [2.24, 2.45) is 0 Å². The smallest absolute Gasteiger partial charge is 0.252 e.